The molecule has 1 amide bonds. The van der Waals surface area contributed by atoms with Crippen molar-refractivity contribution in [3.63, 3.8) is 0 Å². The summed E-state index contributed by atoms with van der Waals surface area (Å²) in [4.78, 5) is 13.0. The molecule has 0 bridgehead atoms. The predicted octanol–water partition coefficient (Wildman–Crippen LogP) is 6.11. The summed E-state index contributed by atoms with van der Waals surface area (Å²) >= 11 is 1.37. The van der Waals surface area contributed by atoms with Crippen LogP contribution in [0.4, 0.5) is 5.69 Å². The van der Waals surface area contributed by atoms with Crippen LogP contribution >= 0.6 is 11.8 Å². The summed E-state index contributed by atoms with van der Waals surface area (Å²) in [5.41, 5.74) is 6.14. The Labute approximate surface area is 210 Å². The zero-order valence-electron chi connectivity index (χ0n) is 20.5. The normalized spacial score (nSPS) is 10.9. The average molecular weight is 487 g/mol. The molecule has 0 saturated heterocycles. The van der Waals surface area contributed by atoms with Crippen molar-refractivity contribution < 1.29 is 9.53 Å². The first-order valence-electron chi connectivity index (χ1n) is 11.7. The first-order valence-corrected chi connectivity index (χ1v) is 12.7. The number of nitrogens with zero attached hydrogens (tertiary/aromatic N) is 3. The number of amides is 1. The van der Waals surface area contributed by atoms with Crippen LogP contribution in [-0.4, -0.2) is 33.5 Å². The maximum atomic E-state index is 13.0. The molecule has 1 heterocycles. The maximum Gasteiger partial charge on any atom is 0.234 e. The Morgan fingerprint density at radius 3 is 2.29 bits per heavy atom. The van der Waals surface area contributed by atoms with Crippen LogP contribution in [0.15, 0.2) is 71.9 Å². The molecule has 4 aromatic rings. The van der Waals surface area contributed by atoms with E-state index >= 15 is 0 Å². The van der Waals surface area contributed by atoms with Gasteiger partial charge in [0.15, 0.2) is 11.0 Å². The third-order valence-electron chi connectivity index (χ3n) is 5.87. The summed E-state index contributed by atoms with van der Waals surface area (Å²) in [6.07, 6.45) is 1.72. The number of carbonyl (C=O) groups excluding carboxylic acids is 1. The minimum atomic E-state index is -0.0668. The molecule has 0 saturated carbocycles. The van der Waals surface area contributed by atoms with Gasteiger partial charge in [0.25, 0.3) is 0 Å². The lowest BCUT2D eigenvalue weighted by Crippen LogP contribution is -2.17. The van der Waals surface area contributed by atoms with Crippen LogP contribution in [0.3, 0.4) is 0 Å². The van der Waals surface area contributed by atoms with Gasteiger partial charge in [-0.3, -0.25) is 9.36 Å². The molecule has 1 N–H and O–H groups in total. The second kappa shape index (κ2) is 11.2. The maximum absolute atomic E-state index is 13.0. The van der Waals surface area contributed by atoms with Gasteiger partial charge >= 0.3 is 0 Å². The van der Waals surface area contributed by atoms with Crippen molar-refractivity contribution in [3.05, 3.63) is 83.4 Å². The molecular formula is C28H30N4O2S. The van der Waals surface area contributed by atoms with Crippen LogP contribution in [0.5, 0.6) is 5.75 Å². The zero-order valence-corrected chi connectivity index (χ0v) is 21.4. The lowest BCUT2D eigenvalue weighted by atomic mass is 10.0. The Kier molecular flexibility index (Phi) is 7.87. The van der Waals surface area contributed by atoms with Crippen LogP contribution in [0, 0.1) is 6.92 Å². The second-order valence-corrected chi connectivity index (χ2v) is 9.12. The number of carbonyl (C=O) groups is 1. The van der Waals surface area contributed by atoms with E-state index in [0.29, 0.717) is 16.7 Å². The highest BCUT2D eigenvalue weighted by Crippen LogP contribution is 2.33. The van der Waals surface area contributed by atoms with Crippen LogP contribution in [0.1, 0.15) is 30.5 Å². The molecule has 0 radical (unpaired) electrons. The molecule has 0 aliphatic heterocycles. The van der Waals surface area contributed by atoms with Crippen molar-refractivity contribution in [1.29, 1.82) is 0 Å². The van der Waals surface area contributed by atoms with Gasteiger partial charge < -0.3 is 10.1 Å². The van der Waals surface area contributed by atoms with Crippen LogP contribution < -0.4 is 10.1 Å². The largest absolute Gasteiger partial charge is 0.496 e. The highest BCUT2D eigenvalue weighted by molar-refractivity contribution is 7.99. The van der Waals surface area contributed by atoms with Crippen molar-refractivity contribution in [2.75, 3.05) is 18.2 Å². The van der Waals surface area contributed by atoms with Crippen LogP contribution in [-0.2, 0) is 17.6 Å². The Bertz CT molecular complexity index is 1290. The first-order chi connectivity index (χ1) is 17.0. The van der Waals surface area contributed by atoms with Crippen molar-refractivity contribution >= 4 is 23.4 Å². The minimum Gasteiger partial charge on any atom is -0.496 e. The van der Waals surface area contributed by atoms with Crippen LogP contribution in [0.2, 0.25) is 0 Å². The van der Waals surface area contributed by atoms with E-state index in [1.54, 1.807) is 7.11 Å². The molecule has 0 spiro atoms. The molecule has 35 heavy (non-hydrogen) atoms. The van der Waals surface area contributed by atoms with Crippen molar-refractivity contribution in [1.82, 2.24) is 14.8 Å². The van der Waals surface area contributed by atoms with Gasteiger partial charge in [-0.2, -0.15) is 0 Å². The molecule has 180 valence electrons. The van der Waals surface area contributed by atoms with E-state index in [4.69, 9.17) is 4.74 Å². The van der Waals surface area contributed by atoms with E-state index in [1.807, 2.05) is 47.0 Å². The zero-order chi connectivity index (χ0) is 24.8. The summed E-state index contributed by atoms with van der Waals surface area (Å²) in [5.74, 6) is 1.53. The van der Waals surface area contributed by atoms with E-state index in [-0.39, 0.29) is 11.7 Å². The number of ether oxygens (including phenoxy) is 1. The topological polar surface area (TPSA) is 69.0 Å². The van der Waals surface area contributed by atoms with E-state index in [9.17, 15) is 4.79 Å². The number of thioether (sulfide) groups is 1. The molecule has 3 aromatic carbocycles. The number of para-hydroxylation sites is 2. The predicted molar refractivity (Wildman–Crippen MR) is 143 cm³/mol. The molecule has 0 unspecified atom stereocenters. The first kappa shape index (κ1) is 24.5. The second-order valence-electron chi connectivity index (χ2n) is 8.17. The van der Waals surface area contributed by atoms with Crippen LogP contribution in [0.25, 0.3) is 17.1 Å². The summed E-state index contributed by atoms with van der Waals surface area (Å²) in [7, 11) is 1.64. The number of aromatic nitrogens is 3. The molecule has 0 aliphatic rings. The van der Waals surface area contributed by atoms with Gasteiger partial charge in [-0.1, -0.05) is 73.6 Å². The molecule has 0 aliphatic carbocycles. The van der Waals surface area contributed by atoms with Gasteiger partial charge in [-0.25, -0.2) is 0 Å². The van der Waals surface area contributed by atoms with Gasteiger partial charge in [0.1, 0.15) is 5.75 Å². The van der Waals surface area contributed by atoms with E-state index in [1.165, 1.54) is 11.8 Å². The fourth-order valence-electron chi connectivity index (χ4n) is 4.00. The summed E-state index contributed by atoms with van der Waals surface area (Å²) < 4.78 is 7.55. The Morgan fingerprint density at radius 1 is 0.943 bits per heavy atom. The third kappa shape index (κ3) is 5.41. The Balaban J connectivity index is 1.64. The molecule has 1 aromatic heterocycles. The standard InChI is InChI=1S/C28H30N4O2S/c1-5-20-10-9-11-21(6-2)26(20)29-25(33)18-35-28-31-30-27(23-12-7-8-13-24(23)34-4)32(28)22-16-14-19(3)15-17-22/h7-17H,5-6,18H2,1-4H3,(H,29,33). The number of methoxy groups -OCH3 is 1. The third-order valence-corrected chi connectivity index (χ3v) is 6.80. The minimum absolute atomic E-state index is 0.0668. The van der Waals surface area contributed by atoms with E-state index in [2.05, 4.69) is 60.6 Å². The lowest BCUT2D eigenvalue weighted by molar-refractivity contribution is -0.113. The van der Waals surface area contributed by atoms with Gasteiger partial charge in [0, 0.05) is 11.4 Å². The summed E-state index contributed by atoms with van der Waals surface area (Å²) in [6, 6.07) is 22.1. The summed E-state index contributed by atoms with van der Waals surface area (Å²) in [6.45, 7) is 6.25. The van der Waals surface area contributed by atoms with Gasteiger partial charge in [0.05, 0.1) is 18.4 Å². The molecule has 4 rings (SSSR count). The number of rotatable bonds is 9. The van der Waals surface area contributed by atoms with Gasteiger partial charge in [-0.05, 0) is 55.2 Å². The lowest BCUT2D eigenvalue weighted by Gasteiger charge is -2.15. The molecule has 0 fully saturated rings. The van der Waals surface area contributed by atoms with Gasteiger partial charge in [0.2, 0.25) is 5.91 Å². The number of aryl methyl sites for hydroxylation is 3. The molecule has 6 nitrogen and oxygen atoms in total. The quantitative estimate of drug-likeness (QED) is 0.289. The Hall–Kier alpha value is -3.58. The number of nitrogens with one attached hydrogen (secondary N) is 1. The molecule has 7 heteroatoms. The van der Waals surface area contributed by atoms with Crippen molar-refractivity contribution in [2.45, 2.75) is 38.8 Å². The smallest absolute Gasteiger partial charge is 0.234 e. The number of anilines is 1. The highest BCUT2D eigenvalue weighted by Gasteiger charge is 2.20. The average Bonchev–Trinajstić information content (AvgIpc) is 3.31. The van der Waals surface area contributed by atoms with E-state index in [0.717, 1.165) is 46.5 Å². The van der Waals surface area contributed by atoms with Gasteiger partial charge in [-0.15, -0.1) is 10.2 Å². The summed E-state index contributed by atoms with van der Waals surface area (Å²) in [5, 5.41) is 12.7. The number of hydrogen-bond acceptors (Lipinski definition) is 5. The van der Waals surface area contributed by atoms with Crippen molar-refractivity contribution in [2.24, 2.45) is 0 Å². The van der Waals surface area contributed by atoms with E-state index < -0.39 is 0 Å². The monoisotopic (exact) mass is 486 g/mol. The van der Waals surface area contributed by atoms with Crippen molar-refractivity contribution in [3.8, 4) is 22.8 Å². The molecule has 0 atom stereocenters. The number of benzene rings is 3. The fraction of sp³-hybridized carbons (Fsp3) is 0.250. The SMILES string of the molecule is CCc1cccc(CC)c1NC(=O)CSc1nnc(-c2ccccc2OC)n1-c1ccc(C)cc1. The highest BCUT2D eigenvalue weighted by atomic mass is 32.2. The molecular weight excluding hydrogens is 456 g/mol. The fourth-order valence-corrected chi connectivity index (χ4v) is 4.75. The Morgan fingerprint density at radius 2 is 1.63 bits per heavy atom. The number of hydrogen-bond donors (Lipinski definition) is 1.